The summed E-state index contributed by atoms with van der Waals surface area (Å²) in [5.41, 5.74) is 1.58. The maximum Gasteiger partial charge on any atom is 0.329 e. The number of nitrogens with one attached hydrogen (secondary N) is 3. The number of ether oxygens (including phenoxy) is 1. The van der Waals surface area contributed by atoms with Gasteiger partial charge in [0.15, 0.2) is 0 Å². The number of rotatable bonds is 7. The lowest BCUT2D eigenvalue weighted by Gasteiger charge is -2.36. The molecule has 0 radical (unpaired) electrons. The number of carbonyl (C=O) groups is 7. The van der Waals surface area contributed by atoms with Crippen molar-refractivity contribution in [2.75, 3.05) is 20.1 Å². The van der Waals surface area contributed by atoms with Crippen molar-refractivity contribution in [2.45, 2.75) is 109 Å². The highest BCUT2D eigenvalue weighted by Gasteiger charge is 2.47. The van der Waals surface area contributed by atoms with E-state index in [0.717, 1.165) is 27.5 Å². The first-order chi connectivity index (χ1) is 26.8. The molecule has 3 heterocycles. The summed E-state index contributed by atoms with van der Waals surface area (Å²) in [5.74, 6) is -7.38. The summed E-state index contributed by atoms with van der Waals surface area (Å²) in [7, 11) is 1.34. The molecule has 3 aliphatic heterocycles. The molecule has 5 rings (SSSR count). The number of aliphatic hydroxyl groups is 1. The molecule has 3 aliphatic rings. The third-order valence-corrected chi connectivity index (χ3v) is 10.8. The molecule has 0 saturated carbocycles. The molecule has 6 amide bonds. The van der Waals surface area contributed by atoms with Crippen molar-refractivity contribution in [3.8, 4) is 0 Å². The molecule has 308 valence electrons. The Balaban J connectivity index is 1.51. The van der Waals surface area contributed by atoms with Gasteiger partial charge < -0.3 is 40.5 Å². The van der Waals surface area contributed by atoms with Crippen molar-refractivity contribution in [3.63, 3.8) is 0 Å². The van der Waals surface area contributed by atoms with Gasteiger partial charge in [0, 0.05) is 39.0 Å². The normalized spacial score (nSPS) is 28.0. The van der Waals surface area contributed by atoms with E-state index in [4.69, 9.17) is 4.74 Å². The number of carbonyl (C=O) groups excluding carboxylic acids is 7. The largest absolute Gasteiger partial charge is 0.458 e. The Morgan fingerprint density at radius 3 is 2.16 bits per heavy atom. The van der Waals surface area contributed by atoms with Crippen LogP contribution in [0.2, 0.25) is 0 Å². The van der Waals surface area contributed by atoms with Crippen LogP contribution < -0.4 is 16.0 Å². The van der Waals surface area contributed by atoms with E-state index in [-0.39, 0.29) is 43.8 Å². The molecular weight excluding hydrogens is 746 g/mol. The predicted octanol–water partition coefficient (Wildman–Crippen LogP) is 0.524. The number of cyclic esters (lactones) is 1. The van der Waals surface area contributed by atoms with Crippen LogP contribution in [0.15, 0.2) is 42.5 Å². The molecule has 15 nitrogen and oxygen atoms in total. The first kappa shape index (κ1) is 42.7. The smallest absolute Gasteiger partial charge is 0.329 e. The van der Waals surface area contributed by atoms with E-state index in [1.165, 1.54) is 32.7 Å². The third-order valence-electron chi connectivity index (χ3n) is 10.8. The molecule has 2 aromatic rings. The zero-order chi connectivity index (χ0) is 41.9. The monoisotopic (exact) mass is 796 g/mol. The van der Waals surface area contributed by atoms with Crippen molar-refractivity contribution in [1.29, 1.82) is 0 Å². The molecule has 2 aromatic carbocycles. The highest BCUT2D eigenvalue weighted by Crippen LogP contribution is 2.27. The van der Waals surface area contributed by atoms with Gasteiger partial charge >= 0.3 is 5.97 Å². The summed E-state index contributed by atoms with van der Waals surface area (Å²) >= 11 is 0. The maximum absolute atomic E-state index is 14.6. The van der Waals surface area contributed by atoms with Gasteiger partial charge in [-0.1, -0.05) is 36.8 Å². The van der Waals surface area contributed by atoms with Crippen LogP contribution in [0.4, 0.5) is 8.78 Å². The van der Waals surface area contributed by atoms with E-state index in [1.54, 1.807) is 24.3 Å². The summed E-state index contributed by atoms with van der Waals surface area (Å²) < 4.78 is 34.4. The average molecular weight is 797 g/mol. The average Bonchev–Trinajstić information content (AvgIpc) is 3.74. The lowest BCUT2D eigenvalue weighted by Crippen LogP contribution is -2.62. The maximum atomic E-state index is 14.6. The van der Waals surface area contributed by atoms with Crippen molar-refractivity contribution in [1.82, 2.24) is 30.7 Å². The minimum atomic E-state index is -1.73. The second-order valence-electron chi connectivity index (χ2n) is 15.5. The lowest BCUT2D eigenvalue weighted by atomic mass is 10.0. The van der Waals surface area contributed by atoms with Crippen LogP contribution in [-0.2, 0) is 51.1 Å². The van der Waals surface area contributed by atoms with Gasteiger partial charge in [-0.25, -0.2) is 13.6 Å². The van der Waals surface area contributed by atoms with Gasteiger partial charge in [-0.3, -0.25) is 28.8 Å². The first-order valence-electron chi connectivity index (χ1n) is 19.0. The molecule has 57 heavy (non-hydrogen) atoms. The fraction of sp³-hybridized carbons (Fsp3) is 0.525. The molecule has 0 aromatic heterocycles. The molecule has 0 spiro atoms. The fourth-order valence-electron chi connectivity index (χ4n) is 7.50. The van der Waals surface area contributed by atoms with Crippen molar-refractivity contribution in [2.24, 2.45) is 5.92 Å². The first-order valence-corrected chi connectivity index (χ1v) is 19.0. The molecular formula is C40H50F2N6O9. The summed E-state index contributed by atoms with van der Waals surface area (Å²) in [6.07, 6.45) is -3.22. The summed E-state index contributed by atoms with van der Waals surface area (Å²) in [6.45, 7) is 7.74. The zero-order valence-corrected chi connectivity index (χ0v) is 32.8. The van der Waals surface area contributed by atoms with Gasteiger partial charge in [-0.15, -0.1) is 0 Å². The van der Waals surface area contributed by atoms with E-state index in [9.17, 15) is 47.4 Å². The van der Waals surface area contributed by atoms with Gasteiger partial charge in [-0.2, -0.15) is 0 Å². The Morgan fingerprint density at radius 2 is 1.51 bits per heavy atom. The number of fused-ring (bicyclic) bond motifs is 2. The van der Waals surface area contributed by atoms with Crippen LogP contribution in [0.25, 0.3) is 0 Å². The number of likely N-dealkylation sites (N-methyl/N-ethyl adjacent to an activating group) is 1. The number of halogens is 2. The Labute approximate surface area is 329 Å². The SMILES string of the molecule is Cc1ccc(CC(=O)N[C@@H](Cc2cc(F)cc(F)c2)C(=O)N[C@@H]2C(=O)N3C[C@H](O)CC3C(=O)N(C)[C@@H](C)C(=O)N[C@@H](C)C(=O)N3C[C@H](C)CC3C(=O)O[C@H]2C)cc1. The Morgan fingerprint density at radius 1 is 0.877 bits per heavy atom. The number of aryl methyl sites for hydroxylation is 1. The second-order valence-corrected chi connectivity index (χ2v) is 15.5. The van der Waals surface area contributed by atoms with Crippen LogP contribution in [0.1, 0.15) is 57.2 Å². The minimum absolute atomic E-state index is 0.0101. The van der Waals surface area contributed by atoms with Crippen molar-refractivity contribution >= 4 is 41.4 Å². The number of aliphatic hydroxyl groups excluding tert-OH is 1. The van der Waals surface area contributed by atoms with E-state index in [0.29, 0.717) is 11.6 Å². The molecule has 2 unspecified atom stereocenters. The van der Waals surface area contributed by atoms with Crippen LogP contribution in [-0.4, -0.2) is 130 Å². The van der Waals surface area contributed by atoms with Gasteiger partial charge in [0.1, 0.15) is 54.0 Å². The molecule has 9 atom stereocenters. The number of benzene rings is 2. The van der Waals surface area contributed by atoms with Crippen LogP contribution in [0.3, 0.4) is 0 Å². The van der Waals surface area contributed by atoms with Crippen LogP contribution in [0, 0.1) is 24.5 Å². The Hall–Kier alpha value is -5.45. The highest BCUT2D eigenvalue weighted by atomic mass is 19.1. The number of amides is 6. The predicted molar refractivity (Wildman–Crippen MR) is 200 cm³/mol. The Kier molecular flexibility index (Phi) is 13.3. The summed E-state index contributed by atoms with van der Waals surface area (Å²) in [4.78, 5) is 100. The topological polar surface area (TPSA) is 195 Å². The Bertz CT molecular complexity index is 1880. The van der Waals surface area contributed by atoms with Crippen molar-refractivity contribution in [3.05, 3.63) is 70.8 Å². The van der Waals surface area contributed by atoms with Crippen LogP contribution in [0.5, 0.6) is 0 Å². The molecule has 17 heteroatoms. The van der Waals surface area contributed by atoms with E-state index in [2.05, 4.69) is 16.0 Å². The molecule has 4 N–H and O–H groups in total. The van der Waals surface area contributed by atoms with Crippen LogP contribution >= 0.6 is 0 Å². The number of hydrogen-bond acceptors (Lipinski definition) is 9. The third kappa shape index (κ3) is 10.1. The highest BCUT2D eigenvalue weighted by molar-refractivity contribution is 5.98. The molecule has 3 fully saturated rings. The molecule has 0 aliphatic carbocycles. The van der Waals surface area contributed by atoms with E-state index >= 15 is 0 Å². The van der Waals surface area contributed by atoms with E-state index in [1.807, 2.05) is 13.8 Å². The number of hydrogen-bond donors (Lipinski definition) is 4. The summed E-state index contributed by atoms with van der Waals surface area (Å²) in [5, 5.41) is 18.5. The summed E-state index contributed by atoms with van der Waals surface area (Å²) in [6, 6.07) is 1.82. The van der Waals surface area contributed by atoms with Gasteiger partial charge in [-0.05, 0) is 63.3 Å². The molecule has 0 bridgehead atoms. The van der Waals surface area contributed by atoms with E-state index < -0.39 is 108 Å². The zero-order valence-electron chi connectivity index (χ0n) is 32.8. The van der Waals surface area contributed by atoms with Crippen molar-refractivity contribution < 1.29 is 52.2 Å². The quantitative estimate of drug-likeness (QED) is 0.289. The standard InChI is InChI=1S/C40H50F2N6O9/c1-20-7-9-25(10-8-20)15-33(50)44-30(14-26-12-27(41)16-28(42)13-26)36(52)45-34-24(5)57-40(56)32-11-21(2)18-47(32)37(53)22(3)43-35(51)23(4)46(6)38(54)31-17-29(49)19-48(31)39(34)55/h7-10,12-13,16,21-24,29-32,34,49H,11,14-15,17-19H2,1-6H3,(H,43,51)(H,44,50)(H,45,52)/t21-,22+,23+,24+,29-,30+,31?,32?,34+/m1/s1. The number of esters is 1. The van der Waals surface area contributed by atoms with Gasteiger partial charge in [0.25, 0.3) is 0 Å². The molecule has 3 saturated heterocycles. The van der Waals surface area contributed by atoms with Gasteiger partial charge in [0.05, 0.1) is 12.5 Å². The lowest BCUT2D eigenvalue weighted by molar-refractivity contribution is -0.162. The minimum Gasteiger partial charge on any atom is -0.458 e. The fourth-order valence-corrected chi connectivity index (χ4v) is 7.50. The number of nitrogens with zero attached hydrogens (tertiary/aromatic N) is 3. The van der Waals surface area contributed by atoms with Gasteiger partial charge in [0.2, 0.25) is 35.4 Å². The second kappa shape index (κ2) is 17.8.